The van der Waals surface area contributed by atoms with E-state index in [1.54, 1.807) is 0 Å². The Morgan fingerprint density at radius 1 is 1.16 bits per heavy atom. The predicted octanol–water partition coefficient (Wildman–Crippen LogP) is 2.95. The Morgan fingerprint density at radius 2 is 1.80 bits per heavy atom. The second-order valence-electron chi connectivity index (χ2n) is 5.76. The number of carbonyl (C=O) groups excluding carboxylic acids is 1. The number of hydrogen-bond acceptors (Lipinski definition) is 4. The first-order chi connectivity index (χ1) is 11.8. The van der Waals surface area contributed by atoms with Crippen LogP contribution in [0.3, 0.4) is 0 Å². The number of amides is 1. The van der Waals surface area contributed by atoms with E-state index in [9.17, 15) is 13.2 Å². The number of nitrogens with one attached hydrogen (secondary N) is 1. The van der Waals surface area contributed by atoms with E-state index >= 15 is 0 Å². The molecule has 1 saturated heterocycles. The third-order valence-corrected chi connectivity index (χ3v) is 5.54. The Morgan fingerprint density at radius 3 is 2.44 bits per heavy atom. The number of hydrogen-bond donors (Lipinski definition) is 1. The molecule has 1 aliphatic rings. The summed E-state index contributed by atoms with van der Waals surface area (Å²) in [4.78, 5) is 13.6. The quantitative estimate of drug-likeness (QED) is 0.865. The zero-order valence-corrected chi connectivity index (χ0v) is 15.0. The molecular weight excluding hydrogens is 364 g/mol. The maximum Gasteiger partial charge on any atom is 0.414 e. The van der Waals surface area contributed by atoms with Crippen LogP contribution in [0.5, 0.6) is 0 Å². The van der Waals surface area contributed by atoms with Gasteiger partial charge in [0.2, 0.25) is 10.0 Å². The number of nitrogens with zero attached hydrogens (tertiary/aromatic N) is 1. The lowest BCUT2D eigenvalue weighted by atomic mass is 10.2. The molecule has 1 amide bonds. The maximum atomic E-state index is 12.3. The second kappa shape index (κ2) is 7.03. The van der Waals surface area contributed by atoms with Crippen molar-refractivity contribution in [3.63, 3.8) is 0 Å². The Kier molecular flexibility index (Phi) is 4.99. The summed E-state index contributed by atoms with van der Waals surface area (Å²) in [5.41, 5.74) is 1.81. The summed E-state index contributed by atoms with van der Waals surface area (Å²) in [7, 11) is -3.69. The van der Waals surface area contributed by atoms with Crippen molar-refractivity contribution in [3.05, 3.63) is 59.1 Å². The third kappa shape index (κ3) is 4.12. The lowest BCUT2D eigenvalue weighted by Gasteiger charge is -2.13. The van der Waals surface area contributed by atoms with Gasteiger partial charge in [-0.3, -0.25) is 4.90 Å². The molecule has 0 aliphatic carbocycles. The largest absolute Gasteiger partial charge is 0.443 e. The van der Waals surface area contributed by atoms with Gasteiger partial charge in [-0.2, -0.15) is 0 Å². The number of rotatable bonds is 5. The van der Waals surface area contributed by atoms with E-state index in [0.29, 0.717) is 5.02 Å². The Hall–Kier alpha value is -2.09. The summed E-state index contributed by atoms with van der Waals surface area (Å²) in [6.45, 7) is 2.24. The van der Waals surface area contributed by atoms with Crippen molar-refractivity contribution in [2.45, 2.75) is 17.9 Å². The molecule has 1 unspecified atom stereocenters. The van der Waals surface area contributed by atoms with Gasteiger partial charge in [0.1, 0.15) is 6.10 Å². The minimum Gasteiger partial charge on any atom is -0.443 e. The molecule has 1 atom stereocenters. The molecule has 1 aliphatic heterocycles. The van der Waals surface area contributed by atoms with Gasteiger partial charge in [-0.1, -0.05) is 29.3 Å². The molecule has 0 aromatic heterocycles. The molecular formula is C17H17ClN2O4S. The highest BCUT2D eigenvalue weighted by Gasteiger charge is 2.33. The number of halogens is 1. The second-order valence-corrected chi connectivity index (χ2v) is 7.96. The van der Waals surface area contributed by atoms with Crippen LogP contribution in [0.2, 0.25) is 5.02 Å². The van der Waals surface area contributed by atoms with Crippen molar-refractivity contribution in [1.82, 2.24) is 4.72 Å². The van der Waals surface area contributed by atoms with Gasteiger partial charge in [0.15, 0.2) is 0 Å². The van der Waals surface area contributed by atoms with E-state index in [0.717, 1.165) is 11.3 Å². The Labute approximate surface area is 151 Å². The number of carbonyl (C=O) groups is 1. The summed E-state index contributed by atoms with van der Waals surface area (Å²) in [6.07, 6.45) is -1.05. The lowest BCUT2D eigenvalue weighted by Crippen LogP contribution is -2.34. The van der Waals surface area contributed by atoms with Crippen LogP contribution in [0.25, 0.3) is 0 Å². The van der Waals surface area contributed by atoms with Crippen LogP contribution in [-0.4, -0.2) is 33.7 Å². The minimum atomic E-state index is -3.69. The fraction of sp³-hybridized carbons (Fsp3) is 0.235. The molecule has 6 nitrogen and oxygen atoms in total. The van der Waals surface area contributed by atoms with Crippen molar-refractivity contribution in [1.29, 1.82) is 0 Å². The van der Waals surface area contributed by atoms with Crippen molar-refractivity contribution in [3.8, 4) is 0 Å². The monoisotopic (exact) mass is 380 g/mol. The van der Waals surface area contributed by atoms with Crippen LogP contribution in [0.4, 0.5) is 10.5 Å². The SMILES string of the molecule is Cc1ccc(N2CC(CNS(=O)(=O)c3ccc(Cl)cc3)OC2=O)cc1. The standard InChI is InChI=1S/C17H17ClN2O4S/c1-12-2-6-14(7-3-12)20-11-15(24-17(20)21)10-19-25(22,23)16-8-4-13(18)5-9-16/h2-9,15,19H,10-11H2,1H3. The normalized spacial score (nSPS) is 17.6. The molecule has 0 bridgehead atoms. The van der Waals surface area contributed by atoms with E-state index < -0.39 is 22.2 Å². The molecule has 8 heteroatoms. The van der Waals surface area contributed by atoms with E-state index in [1.807, 2.05) is 31.2 Å². The number of anilines is 1. The molecule has 25 heavy (non-hydrogen) atoms. The van der Waals surface area contributed by atoms with Crippen LogP contribution in [0.1, 0.15) is 5.56 Å². The zero-order valence-electron chi connectivity index (χ0n) is 13.5. The van der Waals surface area contributed by atoms with Gasteiger partial charge in [0.05, 0.1) is 11.4 Å². The van der Waals surface area contributed by atoms with Crippen LogP contribution in [0.15, 0.2) is 53.4 Å². The average molecular weight is 381 g/mol. The molecule has 1 N–H and O–H groups in total. The molecule has 3 rings (SSSR count). The highest BCUT2D eigenvalue weighted by molar-refractivity contribution is 7.89. The third-order valence-electron chi connectivity index (χ3n) is 3.84. The van der Waals surface area contributed by atoms with E-state index in [-0.39, 0.29) is 18.0 Å². The molecule has 2 aromatic carbocycles. The van der Waals surface area contributed by atoms with E-state index in [4.69, 9.17) is 16.3 Å². The molecule has 2 aromatic rings. The molecule has 0 radical (unpaired) electrons. The van der Waals surface area contributed by atoms with Crippen molar-refractivity contribution >= 4 is 33.4 Å². The van der Waals surface area contributed by atoms with Crippen LogP contribution in [0, 0.1) is 6.92 Å². The van der Waals surface area contributed by atoms with E-state index in [1.165, 1.54) is 29.2 Å². The van der Waals surface area contributed by atoms with Gasteiger partial charge in [-0.15, -0.1) is 0 Å². The maximum absolute atomic E-state index is 12.3. The number of benzene rings is 2. The van der Waals surface area contributed by atoms with Crippen molar-refractivity contribution < 1.29 is 17.9 Å². The van der Waals surface area contributed by atoms with Crippen LogP contribution < -0.4 is 9.62 Å². The number of sulfonamides is 1. The number of cyclic esters (lactones) is 1. The summed E-state index contributed by atoms with van der Waals surface area (Å²) < 4.78 is 32.2. The van der Waals surface area contributed by atoms with Gasteiger partial charge in [-0.25, -0.2) is 17.9 Å². The summed E-state index contributed by atoms with van der Waals surface area (Å²) in [5.74, 6) is 0. The molecule has 0 saturated carbocycles. The lowest BCUT2D eigenvalue weighted by molar-refractivity contribution is 0.143. The van der Waals surface area contributed by atoms with Gasteiger partial charge < -0.3 is 4.74 Å². The number of aryl methyl sites for hydroxylation is 1. The fourth-order valence-corrected chi connectivity index (χ4v) is 3.66. The Balaban J connectivity index is 1.63. The van der Waals surface area contributed by atoms with Crippen molar-refractivity contribution in [2.75, 3.05) is 18.0 Å². The minimum absolute atomic E-state index is 0.000931. The van der Waals surface area contributed by atoms with Gasteiger partial charge in [0, 0.05) is 17.3 Å². The van der Waals surface area contributed by atoms with Gasteiger partial charge in [-0.05, 0) is 43.3 Å². The first kappa shape index (κ1) is 17.7. The first-order valence-electron chi connectivity index (χ1n) is 7.65. The highest BCUT2D eigenvalue weighted by atomic mass is 35.5. The first-order valence-corrected chi connectivity index (χ1v) is 9.51. The Bertz CT molecular complexity index is 867. The topological polar surface area (TPSA) is 75.7 Å². The molecule has 0 spiro atoms. The van der Waals surface area contributed by atoms with Crippen LogP contribution >= 0.6 is 11.6 Å². The zero-order chi connectivity index (χ0) is 18.0. The molecule has 132 valence electrons. The smallest absolute Gasteiger partial charge is 0.414 e. The average Bonchev–Trinajstić information content (AvgIpc) is 2.95. The van der Waals surface area contributed by atoms with Crippen molar-refractivity contribution in [2.24, 2.45) is 0 Å². The molecule has 1 fully saturated rings. The highest BCUT2D eigenvalue weighted by Crippen LogP contribution is 2.22. The summed E-state index contributed by atoms with van der Waals surface area (Å²) in [5, 5.41) is 0.456. The van der Waals surface area contributed by atoms with Gasteiger partial charge >= 0.3 is 6.09 Å². The molecule has 1 heterocycles. The predicted molar refractivity (Wildman–Crippen MR) is 95.4 cm³/mol. The summed E-state index contributed by atoms with van der Waals surface area (Å²) >= 11 is 5.76. The fourth-order valence-electron chi connectivity index (χ4n) is 2.46. The van der Waals surface area contributed by atoms with Crippen LogP contribution in [-0.2, 0) is 14.8 Å². The number of ether oxygens (including phenoxy) is 1. The summed E-state index contributed by atoms with van der Waals surface area (Å²) in [6, 6.07) is 13.3. The van der Waals surface area contributed by atoms with Gasteiger partial charge in [0.25, 0.3) is 0 Å². The van der Waals surface area contributed by atoms with E-state index in [2.05, 4.69) is 4.72 Å².